The molecule has 0 radical (unpaired) electrons. The second kappa shape index (κ2) is 4.87. The van der Waals surface area contributed by atoms with Crippen molar-refractivity contribution in [2.45, 2.75) is 57.6 Å². The van der Waals surface area contributed by atoms with Crippen LogP contribution in [0.1, 0.15) is 46.0 Å². The monoisotopic (exact) mass is 243 g/mol. The van der Waals surface area contributed by atoms with Crippen molar-refractivity contribution >= 4 is 11.8 Å². The second-order valence-corrected chi connectivity index (χ2v) is 7.47. The Morgan fingerprint density at radius 1 is 1.38 bits per heavy atom. The van der Waals surface area contributed by atoms with Gasteiger partial charge in [-0.2, -0.15) is 11.8 Å². The van der Waals surface area contributed by atoms with Gasteiger partial charge < -0.3 is 10.4 Å². The summed E-state index contributed by atoms with van der Waals surface area (Å²) >= 11 is 1.88. The highest BCUT2D eigenvalue weighted by molar-refractivity contribution is 7.99. The summed E-state index contributed by atoms with van der Waals surface area (Å²) in [4.78, 5) is 0. The maximum absolute atomic E-state index is 10.3. The van der Waals surface area contributed by atoms with Gasteiger partial charge in [0.25, 0.3) is 0 Å². The summed E-state index contributed by atoms with van der Waals surface area (Å²) in [5.41, 5.74) is 0.0647. The van der Waals surface area contributed by atoms with Crippen LogP contribution < -0.4 is 5.32 Å². The van der Waals surface area contributed by atoms with Gasteiger partial charge in [0, 0.05) is 18.3 Å². The third-order valence-electron chi connectivity index (χ3n) is 4.01. The van der Waals surface area contributed by atoms with Gasteiger partial charge in [-0.3, -0.25) is 0 Å². The molecule has 0 spiro atoms. The molecule has 1 saturated heterocycles. The molecular formula is C13H25NOS. The highest BCUT2D eigenvalue weighted by Gasteiger charge is 2.34. The molecule has 3 heteroatoms. The molecule has 0 amide bonds. The van der Waals surface area contributed by atoms with Crippen molar-refractivity contribution in [3.05, 3.63) is 0 Å². The number of hydrogen-bond acceptors (Lipinski definition) is 3. The number of thioether (sulfide) groups is 1. The lowest BCUT2D eigenvalue weighted by Crippen LogP contribution is -2.46. The first-order valence-corrected chi connectivity index (χ1v) is 7.68. The van der Waals surface area contributed by atoms with E-state index in [-0.39, 0.29) is 0 Å². The van der Waals surface area contributed by atoms with Crippen molar-refractivity contribution in [2.75, 3.05) is 18.1 Å². The fourth-order valence-electron chi connectivity index (χ4n) is 2.94. The molecular weight excluding hydrogens is 218 g/mol. The minimum Gasteiger partial charge on any atom is -0.388 e. The molecule has 2 aliphatic rings. The van der Waals surface area contributed by atoms with Gasteiger partial charge in [0.2, 0.25) is 0 Å². The first kappa shape index (κ1) is 12.7. The van der Waals surface area contributed by atoms with E-state index in [1.54, 1.807) is 0 Å². The van der Waals surface area contributed by atoms with Gasteiger partial charge in [-0.15, -0.1) is 0 Å². The first-order chi connectivity index (χ1) is 7.49. The Morgan fingerprint density at radius 3 is 2.81 bits per heavy atom. The minimum absolute atomic E-state index is 0.424. The molecule has 2 nitrogen and oxygen atoms in total. The largest absolute Gasteiger partial charge is 0.388 e. The summed E-state index contributed by atoms with van der Waals surface area (Å²) in [5, 5.41) is 13.9. The molecule has 16 heavy (non-hydrogen) atoms. The first-order valence-electron chi connectivity index (χ1n) is 6.53. The third-order valence-corrected chi connectivity index (χ3v) is 5.24. The Kier molecular flexibility index (Phi) is 3.87. The van der Waals surface area contributed by atoms with Crippen molar-refractivity contribution < 1.29 is 5.11 Å². The molecule has 2 fully saturated rings. The minimum atomic E-state index is -0.424. The predicted molar refractivity (Wildman–Crippen MR) is 70.9 cm³/mol. The van der Waals surface area contributed by atoms with Crippen LogP contribution in [0.4, 0.5) is 0 Å². The van der Waals surface area contributed by atoms with Crippen molar-refractivity contribution in [1.29, 1.82) is 0 Å². The van der Waals surface area contributed by atoms with E-state index >= 15 is 0 Å². The smallest absolute Gasteiger partial charge is 0.0869 e. The van der Waals surface area contributed by atoms with Crippen LogP contribution in [0.25, 0.3) is 0 Å². The molecule has 94 valence electrons. The molecule has 2 rings (SSSR count). The fraction of sp³-hybridized carbons (Fsp3) is 1.00. The van der Waals surface area contributed by atoms with E-state index in [0.29, 0.717) is 11.5 Å². The van der Waals surface area contributed by atoms with Gasteiger partial charge in [0.1, 0.15) is 0 Å². The Hall–Kier alpha value is 0.270. The standard InChI is InChI=1S/C13H25NOS/c1-12(2)5-3-4-11(8-12)14-9-13(15)6-7-16-10-13/h11,14-15H,3-10H2,1-2H3. The van der Waals surface area contributed by atoms with Gasteiger partial charge in [0.05, 0.1) is 5.60 Å². The summed E-state index contributed by atoms with van der Waals surface area (Å²) in [6, 6.07) is 0.623. The zero-order chi connectivity index (χ0) is 11.6. The van der Waals surface area contributed by atoms with Crippen LogP contribution in [-0.4, -0.2) is 34.8 Å². The van der Waals surface area contributed by atoms with E-state index in [1.807, 2.05) is 11.8 Å². The summed E-state index contributed by atoms with van der Waals surface area (Å²) in [6.45, 7) is 5.52. The highest BCUT2D eigenvalue weighted by Crippen LogP contribution is 2.35. The summed E-state index contributed by atoms with van der Waals surface area (Å²) in [5.74, 6) is 2.03. The van der Waals surface area contributed by atoms with Gasteiger partial charge in [-0.05, 0) is 36.9 Å². The van der Waals surface area contributed by atoms with Crippen molar-refractivity contribution in [2.24, 2.45) is 5.41 Å². The van der Waals surface area contributed by atoms with Crippen LogP contribution in [0.3, 0.4) is 0 Å². The molecule has 1 saturated carbocycles. The van der Waals surface area contributed by atoms with Crippen LogP contribution >= 0.6 is 11.8 Å². The SMILES string of the molecule is CC1(C)CCCC(NCC2(O)CCSC2)C1. The molecule has 0 aromatic carbocycles. The van der Waals surface area contributed by atoms with E-state index < -0.39 is 5.60 Å². The molecule has 0 aromatic rings. The summed E-state index contributed by atoms with van der Waals surface area (Å²) < 4.78 is 0. The van der Waals surface area contributed by atoms with E-state index in [9.17, 15) is 5.11 Å². The Balaban J connectivity index is 1.77. The van der Waals surface area contributed by atoms with Crippen molar-refractivity contribution in [1.82, 2.24) is 5.32 Å². The molecule has 0 aromatic heterocycles. The highest BCUT2D eigenvalue weighted by atomic mass is 32.2. The summed E-state index contributed by atoms with van der Waals surface area (Å²) in [7, 11) is 0. The molecule has 1 aliphatic carbocycles. The van der Waals surface area contributed by atoms with E-state index in [4.69, 9.17) is 0 Å². The molecule has 2 N–H and O–H groups in total. The van der Waals surface area contributed by atoms with Crippen LogP contribution in [-0.2, 0) is 0 Å². The van der Waals surface area contributed by atoms with Crippen LogP contribution in [0.5, 0.6) is 0 Å². The van der Waals surface area contributed by atoms with E-state index in [0.717, 1.165) is 24.5 Å². The number of aliphatic hydroxyl groups is 1. The van der Waals surface area contributed by atoms with Gasteiger partial charge >= 0.3 is 0 Å². The lowest BCUT2D eigenvalue weighted by molar-refractivity contribution is 0.0589. The molecule has 2 unspecified atom stereocenters. The lowest BCUT2D eigenvalue weighted by atomic mass is 9.75. The maximum atomic E-state index is 10.3. The Labute approximate surface area is 104 Å². The van der Waals surface area contributed by atoms with Gasteiger partial charge in [-0.25, -0.2) is 0 Å². The predicted octanol–water partition coefficient (Wildman–Crippen LogP) is 2.41. The number of hydrogen-bond donors (Lipinski definition) is 2. The van der Waals surface area contributed by atoms with E-state index in [1.165, 1.54) is 25.7 Å². The average Bonchev–Trinajstić information content (AvgIpc) is 2.62. The maximum Gasteiger partial charge on any atom is 0.0869 e. The van der Waals surface area contributed by atoms with Crippen molar-refractivity contribution in [3.8, 4) is 0 Å². The quantitative estimate of drug-likeness (QED) is 0.798. The average molecular weight is 243 g/mol. The molecule has 2 atom stereocenters. The second-order valence-electron chi connectivity index (χ2n) is 6.37. The van der Waals surface area contributed by atoms with E-state index in [2.05, 4.69) is 19.2 Å². The van der Waals surface area contributed by atoms with Crippen LogP contribution in [0.2, 0.25) is 0 Å². The number of rotatable bonds is 3. The third kappa shape index (κ3) is 3.38. The summed E-state index contributed by atoms with van der Waals surface area (Å²) in [6.07, 6.45) is 6.19. The molecule has 1 heterocycles. The molecule has 0 bridgehead atoms. The van der Waals surface area contributed by atoms with Crippen LogP contribution in [0, 0.1) is 5.41 Å². The van der Waals surface area contributed by atoms with Crippen molar-refractivity contribution in [3.63, 3.8) is 0 Å². The Morgan fingerprint density at radius 2 is 2.19 bits per heavy atom. The van der Waals surface area contributed by atoms with Gasteiger partial charge in [-0.1, -0.05) is 20.3 Å². The molecule has 1 aliphatic heterocycles. The van der Waals surface area contributed by atoms with Crippen LogP contribution in [0.15, 0.2) is 0 Å². The fourth-order valence-corrected chi connectivity index (χ4v) is 4.24. The normalized spacial score (nSPS) is 38.8. The van der Waals surface area contributed by atoms with Gasteiger partial charge in [0.15, 0.2) is 0 Å². The topological polar surface area (TPSA) is 32.3 Å². The lowest BCUT2D eigenvalue weighted by Gasteiger charge is -2.37. The zero-order valence-corrected chi connectivity index (χ0v) is 11.4. The Bertz CT molecular complexity index is 236. The number of nitrogens with one attached hydrogen (secondary N) is 1. The zero-order valence-electron chi connectivity index (χ0n) is 10.6.